The molecule has 0 spiro atoms. The van der Waals surface area contributed by atoms with Crippen molar-refractivity contribution in [1.29, 1.82) is 0 Å². The van der Waals surface area contributed by atoms with Crippen molar-refractivity contribution < 1.29 is 0 Å². The molecule has 3 atom stereocenters. The van der Waals surface area contributed by atoms with Gasteiger partial charge in [0.15, 0.2) is 0 Å². The Morgan fingerprint density at radius 3 is 2.85 bits per heavy atom. The average molecular weight is 337 g/mol. The summed E-state index contributed by atoms with van der Waals surface area (Å²) in [6, 6.07) is 7.93. The molecular weight excluding hydrogens is 312 g/mol. The maximum atomic E-state index is 3.81. The molecule has 1 heterocycles. The first-order chi connectivity index (χ1) is 9.74. The van der Waals surface area contributed by atoms with Gasteiger partial charge < -0.3 is 10.6 Å². The molecule has 1 aliphatic carbocycles. The number of hydrogen-bond acceptors (Lipinski definition) is 2. The van der Waals surface area contributed by atoms with Gasteiger partial charge in [-0.25, -0.2) is 0 Å². The molecule has 1 saturated carbocycles. The summed E-state index contributed by atoms with van der Waals surface area (Å²) in [6.07, 6.45) is 8.16. The number of rotatable bonds is 3. The third-order valence-corrected chi connectivity index (χ3v) is 5.59. The number of anilines is 1. The molecule has 0 bridgehead atoms. The molecule has 0 amide bonds. The number of halogens is 1. The lowest BCUT2D eigenvalue weighted by atomic mass is 9.88. The Morgan fingerprint density at radius 2 is 2.05 bits per heavy atom. The number of hydrogen-bond donors (Lipinski definition) is 2. The van der Waals surface area contributed by atoms with Crippen LogP contribution in [-0.4, -0.2) is 18.6 Å². The summed E-state index contributed by atoms with van der Waals surface area (Å²) in [7, 11) is 0. The third kappa shape index (κ3) is 3.20. The van der Waals surface area contributed by atoms with Crippen LogP contribution >= 0.6 is 15.9 Å². The van der Waals surface area contributed by atoms with Gasteiger partial charge in [-0.2, -0.15) is 0 Å². The normalized spacial score (nSPS) is 30.4. The van der Waals surface area contributed by atoms with Crippen LogP contribution in [0.3, 0.4) is 0 Å². The number of piperidine rings is 1. The van der Waals surface area contributed by atoms with E-state index < -0.39 is 0 Å². The Hall–Kier alpha value is -0.540. The van der Waals surface area contributed by atoms with Crippen LogP contribution in [-0.2, 0) is 0 Å². The van der Waals surface area contributed by atoms with Crippen molar-refractivity contribution in [2.75, 3.05) is 11.9 Å². The fraction of sp³-hybridized carbons (Fsp3) is 0.647. The summed E-state index contributed by atoms with van der Waals surface area (Å²) < 4.78 is 1.19. The first-order valence-electron chi connectivity index (χ1n) is 8.00. The molecule has 1 aromatic rings. The van der Waals surface area contributed by atoms with Crippen molar-refractivity contribution in [3.63, 3.8) is 0 Å². The molecule has 110 valence electrons. The zero-order valence-corrected chi connectivity index (χ0v) is 13.9. The summed E-state index contributed by atoms with van der Waals surface area (Å²) in [6.45, 7) is 3.37. The SMILES string of the molecule is Cc1ccc(Br)c(NC2CCCC2C2CCCCN2)c1. The summed E-state index contributed by atoms with van der Waals surface area (Å²) in [4.78, 5) is 0. The summed E-state index contributed by atoms with van der Waals surface area (Å²) in [5.74, 6) is 0.794. The molecule has 3 heteroatoms. The van der Waals surface area contributed by atoms with E-state index in [0.29, 0.717) is 6.04 Å². The zero-order chi connectivity index (χ0) is 13.9. The molecule has 3 unspecified atom stereocenters. The molecule has 1 saturated heterocycles. The van der Waals surface area contributed by atoms with Gasteiger partial charge in [0.05, 0.1) is 0 Å². The van der Waals surface area contributed by atoms with Crippen molar-refractivity contribution >= 4 is 21.6 Å². The van der Waals surface area contributed by atoms with Crippen molar-refractivity contribution in [3.8, 4) is 0 Å². The van der Waals surface area contributed by atoms with Gasteiger partial charge in [0.2, 0.25) is 0 Å². The van der Waals surface area contributed by atoms with Crippen LogP contribution in [0.15, 0.2) is 22.7 Å². The van der Waals surface area contributed by atoms with Crippen molar-refractivity contribution in [2.24, 2.45) is 5.92 Å². The molecule has 1 aliphatic heterocycles. The van der Waals surface area contributed by atoms with E-state index in [-0.39, 0.29) is 0 Å². The van der Waals surface area contributed by atoms with Crippen LogP contribution < -0.4 is 10.6 Å². The highest BCUT2D eigenvalue weighted by Gasteiger charge is 2.34. The highest BCUT2D eigenvalue weighted by atomic mass is 79.9. The Kier molecular flexibility index (Phi) is 4.67. The van der Waals surface area contributed by atoms with E-state index in [1.54, 1.807) is 0 Å². The highest BCUT2D eigenvalue weighted by molar-refractivity contribution is 9.10. The molecule has 2 nitrogen and oxygen atoms in total. The van der Waals surface area contributed by atoms with Crippen molar-refractivity contribution in [1.82, 2.24) is 5.32 Å². The molecule has 3 rings (SSSR count). The third-order valence-electron chi connectivity index (χ3n) is 4.90. The quantitative estimate of drug-likeness (QED) is 0.850. The largest absolute Gasteiger partial charge is 0.381 e. The van der Waals surface area contributed by atoms with Gasteiger partial charge in [-0.1, -0.05) is 18.9 Å². The topological polar surface area (TPSA) is 24.1 Å². The molecule has 2 fully saturated rings. The van der Waals surface area contributed by atoms with Crippen molar-refractivity contribution in [3.05, 3.63) is 28.2 Å². The lowest BCUT2D eigenvalue weighted by molar-refractivity contribution is 0.286. The predicted octanol–water partition coefficient (Wildman–Crippen LogP) is 4.48. The van der Waals surface area contributed by atoms with Gasteiger partial charge in [-0.3, -0.25) is 0 Å². The number of benzene rings is 1. The number of nitrogens with one attached hydrogen (secondary N) is 2. The second kappa shape index (κ2) is 6.48. The molecular formula is C17H25BrN2. The monoisotopic (exact) mass is 336 g/mol. The molecule has 2 aliphatic rings. The van der Waals surface area contributed by atoms with Gasteiger partial charge in [-0.05, 0) is 78.7 Å². The van der Waals surface area contributed by atoms with Gasteiger partial charge >= 0.3 is 0 Å². The Morgan fingerprint density at radius 1 is 1.15 bits per heavy atom. The van der Waals surface area contributed by atoms with Crippen molar-refractivity contribution in [2.45, 2.75) is 57.5 Å². The lowest BCUT2D eigenvalue weighted by Gasteiger charge is -2.33. The highest BCUT2D eigenvalue weighted by Crippen LogP contribution is 2.35. The second-order valence-corrected chi connectivity index (χ2v) is 7.24. The summed E-state index contributed by atoms with van der Waals surface area (Å²) in [5.41, 5.74) is 2.58. The van der Waals surface area contributed by atoms with Crippen LogP contribution in [0.4, 0.5) is 5.69 Å². The number of aryl methyl sites for hydroxylation is 1. The minimum atomic E-state index is 0.628. The zero-order valence-electron chi connectivity index (χ0n) is 12.3. The van der Waals surface area contributed by atoms with Gasteiger partial charge in [-0.15, -0.1) is 0 Å². The fourth-order valence-corrected chi connectivity index (χ4v) is 4.20. The average Bonchev–Trinajstić information content (AvgIpc) is 2.92. The first kappa shape index (κ1) is 14.4. The summed E-state index contributed by atoms with van der Waals surface area (Å²) >= 11 is 3.68. The molecule has 20 heavy (non-hydrogen) atoms. The maximum Gasteiger partial charge on any atom is 0.0489 e. The molecule has 0 aromatic heterocycles. The smallest absolute Gasteiger partial charge is 0.0489 e. The van der Waals surface area contributed by atoms with E-state index >= 15 is 0 Å². The van der Waals surface area contributed by atoms with Crippen LogP contribution in [0.2, 0.25) is 0 Å². The lowest BCUT2D eigenvalue weighted by Crippen LogP contribution is -2.44. The van der Waals surface area contributed by atoms with Crippen LogP contribution in [0.5, 0.6) is 0 Å². The first-order valence-corrected chi connectivity index (χ1v) is 8.79. The van der Waals surface area contributed by atoms with Crippen LogP contribution in [0, 0.1) is 12.8 Å². The standard InChI is InChI=1S/C17H25BrN2/c1-12-8-9-14(18)17(11-12)20-16-7-4-5-13(16)15-6-2-3-10-19-15/h8-9,11,13,15-16,19-20H,2-7,10H2,1H3. The van der Waals surface area contributed by atoms with Gasteiger partial charge in [0, 0.05) is 22.2 Å². The minimum absolute atomic E-state index is 0.628. The van der Waals surface area contributed by atoms with E-state index in [1.807, 2.05) is 0 Å². The molecule has 0 radical (unpaired) electrons. The van der Waals surface area contributed by atoms with Gasteiger partial charge in [0.1, 0.15) is 0 Å². The minimum Gasteiger partial charge on any atom is -0.381 e. The van der Waals surface area contributed by atoms with E-state index in [2.05, 4.69) is 51.7 Å². The molecule has 2 N–H and O–H groups in total. The van der Waals surface area contributed by atoms with E-state index in [0.717, 1.165) is 12.0 Å². The summed E-state index contributed by atoms with van der Waals surface area (Å²) in [5, 5.41) is 7.56. The second-order valence-electron chi connectivity index (χ2n) is 6.39. The van der Waals surface area contributed by atoms with E-state index in [9.17, 15) is 0 Å². The van der Waals surface area contributed by atoms with Crippen LogP contribution in [0.1, 0.15) is 44.1 Å². The Bertz CT molecular complexity index is 454. The van der Waals surface area contributed by atoms with E-state index in [4.69, 9.17) is 0 Å². The Labute approximate surface area is 130 Å². The van der Waals surface area contributed by atoms with Crippen LogP contribution in [0.25, 0.3) is 0 Å². The molecule has 1 aromatic carbocycles. The maximum absolute atomic E-state index is 3.81. The predicted molar refractivity (Wildman–Crippen MR) is 89.3 cm³/mol. The Balaban J connectivity index is 1.70. The van der Waals surface area contributed by atoms with Gasteiger partial charge in [0.25, 0.3) is 0 Å². The van der Waals surface area contributed by atoms with E-state index in [1.165, 1.54) is 60.8 Å². The fourth-order valence-electron chi connectivity index (χ4n) is 3.84.